The summed E-state index contributed by atoms with van der Waals surface area (Å²) in [5.74, 6) is 0.881. The minimum absolute atomic E-state index is 0.0869. The maximum atomic E-state index is 9.18. The number of hydrogen-bond acceptors (Lipinski definition) is 6. The zero-order valence-electron chi connectivity index (χ0n) is 14.0. The maximum Gasteiger partial charge on any atom is 0.118 e. The summed E-state index contributed by atoms with van der Waals surface area (Å²) in [6.07, 6.45) is 0. The topological polar surface area (TPSA) is 29.5 Å². The molecule has 0 atom stereocenters. The number of aliphatic hydroxyl groups is 1. The second kappa shape index (κ2) is 8.23. The summed E-state index contributed by atoms with van der Waals surface area (Å²) in [6, 6.07) is 16.3. The fraction of sp³-hybridized carbons (Fsp3) is 0.100. The molecule has 0 spiro atoms. The molecular formula is C20H16O2S4. The Morgan fingerprint density at radius 3 is 1.73 bits per heavy atom. The highest BCUT2D eigenvalue weighted by Crippen LogP contribution is 2.58. The average Bonchev–Trinajstić information content (AvgIpc) is 3.38. The average molecular weight is 417 g/mol. The monoisotopic (exact) mass is 416 g/mol. The van der Waals surface area contributed by atoms with Gasteiger partial charge in [0.25, 0.3) is 0 Å². The Kier molecular flexibility index (Phi) is 5.76. The third-order valence-corrected chi connectivity index (χ3v) is 9.28. The number of aliphatic hydroxyl groups excluding tert-OH is 1. The Bertz CT molecular complexity index is 821. The molecule has 132 valence electrons. The highest BCUT2D eigenvalue weighted by atomic mass is 32.2. The van der Waals surface area contributed by atoms with Crippen LogP contribution in [0.2, 0.25) is 0 Å². The molecule has 2 aromatic carbocycles. The Hall–Kier alpha value is -1.18. The number of thioether (sulfide) groups is 4. The van der Waals surface area contributed by atoms with Crippen LogP contribution in [0, 0.1) is 0 Å². The maximum absolute atomic E-state index is 9.18. The standard InChI is InChI=1S/C20H16O2S4/c1-22-16-8-6-15(7-9-16)18-12-24-20(26-18)19-23-11-17(25-19)14-4-2-13(10-21)3-5-14/h2-9,11-12,21H,10H2,1H3. The molecule has 2 aliphatic heterocycles. The van der Waals surface area contributed by atoms with Gasteiger partial charge in [-0.15, -0.1) is 0 Å². The van der Waals surface area contributed by atoms with E-state index in [0.717, 1.165) is 11.3 Å². The van der Waals surface area contributed by atoms with Gasteiger partial charge in [-0.25, -0.2) is 0 Å². The van der Waals surface area contributed by atoms with E-state index in [2.05, 4.69) is 35.1 Å². The highest BCUT2D eigenvalue weighted by Gasteiger charge is 2.23. The molecule has 0 radical (unpaired) electrons. The van der Waals surface area contributed by atoms with Crippen LogP contribution in [0.5, 0.6) is 5.75 Å². The normalized spacial score (nSPS) is 19.5. The molecule has 2 aromatic rings. The quantitative estimate of drug-likeness (QED) is 0.606. The minimum Gasteiger partial charge on any atom is -0.497 e. The summed E-state index contributed by atoms with van der Waals surface area (Å²) < 4.78 is 7.91. The Morgan fingerprint density at radius 1 is 0.769 bits per heavy atom. The summed E-state index contributed by atoms with van der Waals surface area (Å²) in [5, 5.41) is 13.6. The van der Waals surface area contributed by atoms with Crippen LogP contribution >= 0.6 is 47.0 Å². The molecule has 4 rings (SSSR count). The van der Waals surface area contributed by atoms with Gasteiger partial charge in [0.2, 0.25) is 0 Å². The van der Waals surface area contributed by atoms with Crippen molar-refractivity contribution < 1.29 is 9.84 Å². The summed E-state index contributed by atoms with van der Waals surface area (Å²) in [7, 11) is 1.69. The van der Waals surface area contributed by atoms with Crippen LogP contribution in [-0.4, -0.2) is 12.2 Å². The van der Waals surface area contributed by atoms with Crippen molar-refractivity contribution in [2.75, 3.05) is 7.11 Å². The number of rotatable bonds is 4. The second-order valence-electron chi connectivity index (χ2n) is 5.56. The first-order valence-corrected chi connectivity index (χ1v) is 11.3. The van der Waals surface area contributed by atoms with Crippen molar-refractivity contribution in [1.82, 2.24) is 0 Å². The van der Waals surface area contributed by atoms with Crippen molar-refractivity contribution >= 4 is 56.9 Å². The van der Waals surface area contributed by atoms with Gasteiger partial charge in [0.15, 0.2) is 0 Å². The van der Waals surface area contributed by atoms with Crippen molar-refractivity contribution in [3.63, 3.8) is 0 Å². The fourth-order valence-electron chi connectivity index (χ4n) is 2.47. The number of ether oxygens (including phenoxy) is 1. The van der Waals surface area contributed by atoms with E-state index in [1.54, 1.807) is 30.6 Å². The van der Waals surface area contributed by atoms with E-state index in [-0.39, 0.29) is 6.61 Å². The van der Waals surface area contributed by atoms with Gasteiger partial charge in [-0.1, -0.05) is 83.4 Å². The van der Waals surface area contributed by atoms with Gasteiger partial charge in [-0.2, -0.15) is 0 Å². The molecule has 0 aromatic heterocycles. The van der Waals surface area contributed by atoms with E-state index in [1.165, 1.54) is 29.4 Å². The van der Waals surface area contributed by atoms with E-state index >= 15 is 0 Å². The van der Waals surface area contributed by atoms with E-state index in [4.69, 9.17) is 4.74 Å². The molecule has 2 heterocycles. The molecule has 0 aliphatic carbocycles. The van der Waals surface area contributed by atoms with Crippen LogP contribution in [0.4, 0.5) is 0 Å². The molecule has 1 N–H and O–H groups in total. The summed E-state index contributed by atoms with van der Waals surface area (Å²) >= 11 is 7.25. The van der Waals surface area contributed by atoms with Crippen molar-refractivity contribution in [2.24, 2.45) is 0 Å². The SMILES string of the molecule is COc1ccc(C2=CSC(=C3SC=C(c4ccc(CO)cc4)S3)S2)cc1. The molecule has 2 nitrogen and oxygen atoms in total. The third kappa shape index (κ3) is 3.89. The summed E-state index contributed by atoms with van der Waals surface area (Å²) in [6.45, 7) is 0.0869. The molecule has 2 aliphatic rings. The largest absolute Gasteiger partial charge is 0.497 e. The van der Waals surface area contributed by atoms with E-state index < -0.39 is 0 Å². The van der Waals surface area contributed by atoms with Crippen molar-refractivity contribution in [3.8, 4) is 5.75 Å². The lowest BCUT2D eigenvalue weighted by atomic mass is 10.1. The molecule has 26 heavy (non-hydrogen) atoms. The second-order valence-corrected chi connectivity index (χ2v) is 9.94. The zero-order valence-corrected chi connectivity index (χ0v) is 17.2. The first-order valence-electron chi connectivity index (χ1n) is 7.95. The van der Waals surface area contributed by atoms with Crippen LogP contribution < -0.4 is 4.74 Å². The van der Waals surface area contributed by atoms with Crippen molar-refractivity contribution in [3.05, 3.63) is 84.5 Å². The molecule has 0 unspecified atom stereocenters. The van der Waals surface area contributed by atoms with Gasteiger partial charge in [-0.05, 0) is 39.6 Å². The van der Waals surface area contributed by atoms with Crippen LogP contribution in [-0.2, 0) is 6.61 Å². The van der Waals surface area contributed by atoms with Gasteiger partial charge < -0.3 is 9.84 Å². The van der Waals surface area contributed by atoms with E-state index in [0.29, 0.717) is 0 Å². The Labute approximate surface area is 170 Å². The van der Waals surface area contributed by atoms with Gasteiger partial charge in [-0.3, -0.25) is 0 Å². The number of methoxy groups -OCH3 is 1. The van der Waals surface area contributed by atoms with E-state index in [9.17, 15) is 5.11 Å². The molecule has 0 fully saturated rings. The van der Waals surface area contributed by atoms with Gasteiger partial charge in [0.1, 0.15) is 5.75 Å². The lowest BCUT2D eigenvalue weighted by molar-refractivity contribution is 0.282. The molecule has 0 saturated carbocycles. The lowest BCUT2D eigenvalue weighted by Gasteiger charge is -2.06. The predicted molar refractivity (Wildman–Crippen MR) is 119 cm³/mol. The minimum atomic E-state index is 0.0869. The zero-order chi connectivity index (χ0) is 17.9. The van der Waals surface area contributed by atoms with Crippen LogP contribution in [0.15, 0.2) is 67.8 Å². The molecule has 0 saturated heterocycles. The molecule has 0 amide bonds. The third-order valence-electron chi connectivity index (χ3n) is 3.91. The highest BCUT2D eigenvalue weighted by molar-refractivity contribution is 8.36. The van der Waals surface area contributed by atoms with Crippen molar-refractivity contribution in [1.29, 1.82) is 0 Å². The number of benzene rings is 2. The summed E-state index contributed by atoms with van der Waals surface area (Å²) in [4.78, 5) is 2.54. The fourth-order valence-corrected chi connectivity index (χ4v) is 7.40. The van der Waals surface area contributed by atoms with Gasteiger partial charge >= 0.3 is 0 Å². The molecular weight excluding hydrogens is 400 g/mol. The summed E-state index contributed by atoms with van der Waals surface area (Å²) in [5.41, 5.74) is 3.37. The molecule has 6 heteroatoms. The first kappa shape index (κ1) is 18.2. The smallest absolute Gasteiger partial charge is 0.118 e. The molecule has 0 bridgehead atoms. The van der Waals surface area contributed by atoms with Gasteiger partial charge in [0.05, 0.1) is 22.2 Å². The van der Waals surface area contributed by atoms with E-state index in [1.807, 2.05) is 47.8 Å². The Morgan fingerprint density at radius 2 is 1.27 bits per heavy atom. The predicted octanol–water partition coefficient (Wildman–Crippen LogP) is 6.57. The van der Waals surface area contributed by atoms with Crippen LogP contribution in [0.3, 0.4) is 0 Å². The van der Waals surface area contributed by atoms with Crippen LogP contribution in [0.1, 0.15) is 16.7 Å². The van der Waals surface area contributed by atoms with Crippen LogP contribution in [0.25, 0.3) is 9.81 Å². The van der Waals surface area contributed by atoms with Gasteiger partial charge in [0, 0.05) is 9.81 Å². The lowest BCUT2D eigenvalue weighted by Crippen LogP contribution is -1.83. The number of hydrogen-bond donors (Lipinski definition) is 1. The first-order chi connectivity index (χ1) is 12.8. The Balaban J connectivity index is 1.45. The van der Waals surface area contributed by atoms with Crippen molar-refractivity contribution in [2.45, 2.75) is 6.61 Å².